The molecule has 10 atom stereocenters. The van der Waals surface area contributed by atoms with E-state index >= 15 is 0 Å². The van der Waals surface area contributed by atoms with Gasteiger partial charge in [0.25, 0.3) is 0 Å². The van der Waals surface area contributed by atoms with Crippen molar-refractivity contribution in [1.29, 1.82) is 0 Å². The minimum atomic E-state index is 0.398. The zero-order valence-electron chi connectivity index (χ0n) is 26.2. The van der Waals surface area contributed by atoms with Crippen LogP contribution in [-0.4, -0.2) is 12.2 Å². The van der Waals surface area contributed by atoms with Gasteiger partial charge in [0.2, 0.25) is 0 Å². The highest BCUT2D eigenvalue weighted by Gasteiger charge is 2.60. The van der Waals surface area contributed by atoms with E-state index in [2.05, 4.69) is 71.9 Å². The lowest BCUT2D eigenvalue weighted by Gasteiger charge is -2.60. The molecule has 1 nitrogen and oxygen atoms in total. The first-order chi connectivity index (χ1) is 18.7. The molecule has 6 rings (SSSR count). The molecule has 0 aliphatic heterocycles. The van der Waals surface area contributed by atoms with Crippen LogP contribution in [0.5, 0.6) is 0 Å². The molecule has 0 aromatic heterocycles. The maximum Gasteiger partial charge on any atom is 0.0659 e. The average Bonchev–Trinajstić information content (AvgIpc) is 3.47. The van der Waals surface area contributed by atoms with Crippen LogP contribution in [0.15, 0.2) is 30.4 Å². The zero-order chi connectivity index (χ0) is 27.4. The van der Waals surface area contributed by atoms with E-state index in [1.807, 2.05) is 0 Å². The predicted molar refractivity (Wildman–Crippen MR) is 165 cm³/mol. The lowest BCUT2D eigenvalue weighted by molar-refractivity contribution is -0.114. The molecule has 0 spiro atoms. The van der Waals surface area contributed by atoms with Crippen LogP contribution < -0.4 is 0 Å². The van der Waals surface area contributed by atoms with Crippen molar-refractivity contribution in [2.24, 2.45) is 52.3 Å². The summed E-state index contributed by atoms with van der Waals surface area (Å²) in [5.74, 6) is 6.08. The van der Waals surface area contributed by atoms with Crippen molar-refractivity contribution in [3.8, 4) is 0 Å². The summed E-state index contributed by atoms with van der Waals surface area (Å²) in [6, 6.07) is 7.01. The molecule has 5 aliphatic rings. The third-order valence-corrected chi connectivity index (χ3v) is 13.3. The third kappa shape index (κ3) is 5.00. The predicted octanol–water partition coefficient (Wildman–Crippen LogP) is 10.1. The van der Waals surface area contributed by atoms with Crippen molar-refractivity contribution >= 4 is 0 Å². The number of rotatable bonds is 8. The van der Waals surface area contributed by atoms with E-state index in [1.54, 1.807) is 0 Å². The Balaban J connectivity index is 1.12. The van der Waals surface area contributed by atoms with Crippen LogP contribution in [0.2, 0.25) is 0 Å². The van der Waals surface area contributed by atoms with Crippen LogP contribution in [0.3, 0.4) is 0 Å². The van der Waals surface area contributed by atoms with E-state index < -0.39 is 0 Å². The van der Waals surface area contributed by atoms with Gasteiger partial charge in [0.05, 0.1) is 12.2 Å². The highest BCUT2D eigenvalue weighted by atomic mass is 16.5. The van der Waals surface area contributed by atoms with Crippen molar-refractivity contribution < 1.29 is 4.74 Å². The molecule has 216 valence electrons. The van der Waals surface area contributed by atoms with E-state index in [-0.39, 0.29) is 0 Å². The maximum atomic E-state index is 6.89. The van der Waals surface area contributed by atoms with Crippen molar-refractivity contribution in [3.05, 3.63) is 47.0 Å². The minimum absolute atomic E-state index is 0.398. The van der Waals surface area contributed by atoms with Gasteiger partial charge < -0.3 is 4.74 Å². The molecule has 0 bridgehead atoms. The Morgan fingerprint density at radius 3 is 2.51 bits per heavy atom. The lowest BCUT2D eigenvalue weighted by Crippen LogP contribution is -2.53. The first-order valence-corrected chi connectivity index (χ1v) is 17.2. The van der Waals surface area contributed by atoms with Crippen LogP contribution in [0, 0.1) is 59.2 Å². The molecule has 3 fully saturated rings. The van der Waals surface area contributed by atoms with Gasteiger partial charge in [0.1, 0.15) is 0 Å². The number of fused-ring (bicyclic) bond motifs is 6. The van der Waals surface area contributed by atoms with Crippen molar-refractivity contribution in [2.75, 3.05) is 0 Å². The largest absolute Gasteiger partial charge is 0.374 e. The van der Waals surface area contributed by atoms with E-state index in [0.29, 0.717) is 23.0 Å². The Morgan fingerprint density at radius 1 is 0.897 bits per heavy atom. The van der Waals surface area contributed by atoms with Crippen molar-refractivity contribution in [3.63, 3.8) is 0 Å². The number of aryl methyl sites for hydroxylation is 1. The van der Waals surface area contributed by atoms with Crippen molar-refractivity contribution in [1.82, 2.24) is 0 Å². The number of benzene rings is 1. The Bertz CT molecular complexity index is 1040. The standard InChI is InChI=1S/C38H58O/c1-7-38-20-17-31(39-32-22-28-12-11-26(4)21-29(28)23-32)24-30(38)13-14-33-35-16-15-34(27(5)10-8-9-25(2)3)37(35,6)19-18-36(33)38/h11-14,21,25,27,30-36H,7-10,15-20,22-24H2,1-6H3/t27-,30?,31+,32?,33+,34-,35+,36+,37-,38+/m0/s1. The number of hydrogen-bond donors (Lipinski definition) is 0. The number of hydrogen-bond acceptors (Lipinski definition) is 1. The van der Waals surface area contributed by atoms with E-state index in [4.69, 9.17) is 4.74 Å². The highest BCUT2D eigenvalue weighted by molar-refractivity contribution is 5.36. The summed E-state index contributed by atoms with van der Waals surface area (Å²) in [6.45, 7) is 14.9. The summed E-state index contributed by atoms with van der Waals surface area (Å²) < 4.78 is 6.89. The van der Waals surface area contributed by atoms with Crippen LogP contribution in [-0.2, 0) is 17.6 Å². The lowest BCUT2D eigenvalue weighted by atomic mass is 9.45. The van der Waals surface area contributed by atoms with Crippen LogP contribution in [0.1, 0.15) is 122 Å². The molecular formula is C38H58O. The summed E-state index contributed by atoms with van der Waals surface area (Å²) in [7, 11) is 0. The average molecular weight is 531 g/mol. The second-order valence-electron chi connectivity index (χ2n) is 15.7. The van der Waals surface area contributed by atoms with Gasteiger partial charge in [-0.1, -0.05) is 89.8 Å². The van der Waals surface area contributed by atoms with E-state index in [1.165, 1.54) is 87.3 Å². The molecule has 0 N–H and O–H groups in total. The van der Waals surface area contributed by atoms with Crippen LogP contribution in [0.4, 0.5) is 0 Å². The first-order valence-electron chi connectivity index (χ1n) is 17.2. The zero-order valence-corrected chi connectivity index (χ0v) is 26.2. The Labute approximate surface area is 241 Å². The van der Waals surface area contributed by atoms with Crippen LogP contribution >= 0.6 is 0 Å². The minimum Gasteiger partial charge on any atom is -0.374 e. The van der Waals surface area contributed by atoms with Gasteiger partial charge >= 0.3 is 0 Å². The summed E-state index contributed by atoms with van der Waals surface area (Å²) in [5.41, 5.74) is 5.55. The fraction of sp³-hybridized carbons (Fsp3) is 0.789. The molecular weight excluding hydrogens is 472 g/mol. The van der Waals surface area contributed by atoms with E-state index in [9.17, 15) is 0 Å². The molecule has 0 heterocycles. The quantitative estimate of drug-likeness (QED) is 0.304. The first kappa shape index (κ1) is 28.1. The molecule has 5 aliphatic carbocycles. The molecule has 0 saturated heterocycles. The van der Waals surface area contributed by atoms with Gasteiger partial charge in [-0.25, -0.2) is 0 Å². The van der Waals surface area contributed by atoms with E-state index in [0.717, 1.165) is 54.3 Å². The summed E-state index contributed by atoms with van der Waals surface area (Å²) in [5, 5.41) is 0. The fourth-order valence-corrected chi connectivity index (χ4v) is 11.3. The van der Waals surface area contributed by atoms with Crippen LogP contribution in [0.25, 0.3) is 0 Å². The topological polar surface area (TPSA) is 9.23 Å². The second-order valence-corrected chi connectivity index (χ2v) is 15.7. The summed E-state index contributed by atoms with van der Waals surface area (Å²) in [6.07, 6.45) is 24.1. The third-order valence-electron chi connectivity index (χ3n) is 13.3. The number of allylic oxidation sites excluding steroid dienone is 2. The van der Waals surface area contributed by atoms with Gasteiger partial charge in [-0.15, -0.1) is 0 Å². The molecule has 2 unspecified atom stereocenters. The van der Waals surface area contributed by atoms with Gasteiger partial charge in [0, 0.05) is 0 Å². The second kappa shape index (κ2) is 11.0. The van der Waals surface area contributed by atoms with Gasteiger partial charge in [0.15, 0.2) is 0 Å². The fourth-order valence-electron chi connectivity index (χ4n) is 11.3. The summed E-state index contributed by atoms with van der Waals surface area (Å²) >= 11 is 0. The Morgan fingerprint density at radius 2 is 1.72 bits per heavy atom. The van der Waals surface area contributed by atoms with Gasteiger partial charge in [-0.3, -0.25) is 0 Å². The Hall–Kier alpha value is -1.08. The van der Waals surface area contributed by atoms with Crippen molar-refractivity contribution in [2.45, 2.75) is 137 Å². The molecule has 3 saturated carbocycles. The van der Waals surface area contributed by atoms with Gasteiger partial charge in [-0.2, -0.15) is 0 Å². The monoisotopic (exact) mass is 530 g/mol. The molecule has 39 heavy (non-hydrogen) atoms. The highest BCUT2D eigenvalue weighted by Crippen LogP contribution is 2.68. The molecule has 1 aromatic carbocycles. The normalized spacial score (nSPS) is 41.7. The number of ether oxygens (including phenoxy) is 1. The molecule has 0 radical (unpaired) electrons. The molecule has 0 amide bonds. The summed E-state index contributed by atoms with van der Waals surface area (Å²) in [4.78, 5) is 0. The van der Waals surface area contributed by atoms with Gasteiger partial charge in [-0.05, 0) is 135 Å². The maximum absolute atomic E-state index is 6.89. The smallest absolute Gasteiger partial charge is 0.0659 e. The molecule has 1 aromatic rings. The Kier molecular flexibility index (Phi) is 7.89. The SMILES string of the molecule is CC[C@@]12CC[C@@H](OC3Cc4ccc(C)cc4C3)CC1C=C[C@H]1[C@H]2CC[C@]2(C)[C@@H]1CC[C@H]2[C@@H](C)CCCC(C)C. The molecule has 1 heteroatoms.